The zero-order valence-corrected chi connectivity index (χ0v) is 16.9. The Kier molecular flexibility index (Phi) is 4.60. The maximum Gasteiger partial charge on any atom is 0.141 e. The van der Waals surface area contributed by atoms with Gasteiger partial charge >= 0.3 is 0 Å². The summed E-state index contributed by atoms with van der Waals surface area (Å²) in [5, 5.41) is 1.38. The Morgan fingerprint density at radius 1 is 1.07 bits per heavy atom. The van der Waals surface area contributed by atoms with E-state index in [0.29, 0.717) is 0 Å². The molecule has 0 amide bonds. The molecular formula is C23H27N3S. The van der Waals surface area contributed by atoms with Crippen LogP contribution in [0.3, 0.4) is 0 Å². The van der Waals surface area contributed by atoms with Gasteiger partial charge in [-0.05, 0) is 55.6 Å². The quantitative estimate of drug-likeness (QED) is 0.612. The van der Waals surface area contributed by atoms with Crippen molar-refractivity contribution in [1.29, 1.82) is 0 Å². The van der Waals surface area contributed by atoms with E-state index in [1.807, 2.05) is 11.3 Å². The molecule has 0 radical (unpaired) electrons. The summed E-state index contributed by atoms with van der Waals surface area (Å²) in [6, 6.07) is 10.6. The second kappa shape index (κ2) is 7.23. The Balaban J connectivity index is 1.62. The molecular weight excluding hydrogens is 350 g/mol. The van der Waals surface area contributed by atoms with E-state index in [9.17, 15) is 0 Å². The molecule has 140 valence electrons. The van der Waals surface area contributed by atoms with Gasteiger partial charge in [0.2, 0.25) is 0 Å². The summed E-state index contributed by atoms with van der Waals surface area (Å²) in [5.41, 5.74) is 2.84. The highest BCUT2D eigenvalue weighted by molar-refractivity contribution is 7.19. The average Bonchev–Trinajstić information content (AvgIpc) is 3.06. The van der Waals surface area contributed by atoms with Gasteiger partial charge < -0.3 is 4.90 Å². The van der Waals surface area contributed by atoms with Crippen molar-refractivity contribution in [1.82, 2.24) is 9.97 Å². The summed E-state index contributed by atoms with van der Waals surface area (Å²) in [4.78, 5) is 15.5. The minimum atomic E-state index is 0.792. The summed E-state index contributed by atoms with van der Waals surface area (Å²) in [6.07, 6.45) is 8.43. The SMILES string of the molecule is CC1CCc2c(sc3nc(Cc4ccccc4)nc(N4CCCCC4)c23)C1. The molecule has 1 aliphatic carbocycles. The second-order valence-electron chi connectivity index (χ2n) is 8.21. The molecule has 5 rings (SSSR count). The molecule has 0 N–H and O–H groups in total. The molecule has 1 fully saturated rings. The molecule has 3 heterocycles. The summed E-state index contributed by atoms with van der Waals surface area (Å²) < 4.78 is 0. The highest BCUT2D eigenvalue weighted by Crippen LogP contribution is 2.41. The third-order valence-corrected chi connectivity index (χ3v) is 7.19. The van der Waals surface area contributed by atoms with E-state index in [-0.39, 0.29) is 0 Å². The molecule has 1 saturated heterocycles. The lowest BCUT2D eigenvalue weighted by Gasteiger charge is -2.29. The molecule has 3 aromatic rings. The van der Waals surface area contributed by atoms with E-state index >= 15 is 0 Å². The number of rotatable bonds is 3. The van der Waals surface area contributed by atoms with Gasteiger partial charge in [0.05, 0.1) is 5.39 Å². The topological polar surface area (TPSA) is 29.0 Å². The number of hydrogen-bond acceptors (Lipinski definition) is 4. The monoisotopic (exact) mass is 377 g/mol. The summed E-state index contributed by atoms with van der Waals surface area (Å²) in [7, 11) is 0. The number of hydrogen-bond donors (Lipinski definition) is 0. The van der Waals surface area contributed by atoms with Crippen LogP contribution in [-0.2, 0) is 19.3 Å². The van der Waals surface area contributed by atoms with Crippen LogP contribution < -0.4 is 4.90 Å². The first-order valence-corrected chi connectivity index (χ1v) is 11.2. The zero-order chi connectivity index (χ0) is 18.2. The van der Waals surface area contributed by atoms with Crippen molar-refractivity contribution < 1.29 is 0 Å². The molecule has 1 atom stereocenters. The van der Waals surface area contributed by atoms with E-state index in [2.05, 4.69) is 42.2 Å². The first kappa shape index (κ1) is 17.2. The molecule has 0 saturated carbocycles. The van der Waals surface area contributed by atoms with E-state index in [0.717, 1.165) is 31.3 Å². The summed E-state index contributed by atoms with van der Waals surface area (Å²) >= 11 is 1.93. The van der Waals surface area contributed by atoms with Crippen molar-refractivity contribution in [3.05, 3.63) is 52.2 Å². The van der Waals surface area contributed by atoms with Crippen molar-refractivity contribution >= 4 is 27.4 Å². The van der Waals surface area contributed by atoms with Gasteiger partial charge in [0, 0.05) is 24.4 Å². The summed E-state index contributed by atoms with van der Waals surface area (Å²) in [5.74, 6) is 2.99. The first-order chi connectivity index (χ1) is 13.3. The highest BCUT2D eigenvalue weighted by Gasteiger charge is 2.26. The van der Waals surface area contributed by atoms with E-state index in [1.165, 1.54) is 60.1 Å². The number of aromatic nitrogens is 2. The normalized spacial score (nSPS) is 20.0. The highest BCUT2D eigenvalue weighted by atomic mass is 32.1. The fourth-order valence-corrected chi connectivity index (χ4v) is 5.95. The third-order valence-electron chi connectivity index (χ3n) is 6.04. The van der Waals surface area contributed by atoms with Crippen LogP contribution >= 0.6 is 11.3 Å². The largest absolute Gasteiger partial charge is 0.356 e. The molecule has 2 aliphatic rings. The van der Waals surface area contributed by atoms with Gasteiger partial charge in [-0.3, -0.25) is 0 Å². The molecule has 4 heteroatoms. The minimum absolute atomic E-state index is 0.792. The number of nitrogens with zero attached hydrogens (tertiary/aromatic N) is 3. The van der Waals surface area contributed by atoms with Gasteiger partial charge in [0.15, 0.2) is 0 Å². The molecule has 1 aromatic carbocycles. The van der Waals surface area contributed by atoms with Crippen LogP contribution in [-0.4, -0.2) is 23.1 Å². The predicted octanol–water partition coefficient (Wildman–Crippen LogP) is 5.40. The zero-order valence-electron chi connectivity index (χ0n) is 16.1. The average molecular weight is 378 g/mol. The van der Waals surface area contributed by atoms with E-state index in [1.54, 1.807) is 10.4 Å². The molecule has 1 unspecified atom stereocenters. The first-order valence-electron chi connectivity index (χ1n) is 10.4. The lowest BCUT2D eigenvalue weighted by Crippen LogP contribution is -2.30. The summed E-state index contributed by atoms with van der Waals surface area (Å²) in [6.45, 7) is 4.65. The van der Waals surface area contributed by atoms with Crippen LogP contribution in [0.5, 0.6) is 0 Å². The number of aryl methyl sites for hydroxylation is 1. The van der Waals surface area contributed by atoms with Gasteiger partial charge in [-0.25, -0.2) is 9.97 Å². The van der Waals surface area contributed by atoms with E-state index in [4.69, 9.17) is 9.97 Å². The molecule has 27 heavy (non-hydrogen) atoms. The lowest BCUT2D eigenvalue weighted by atomic mass is 9.89. The number of fused-ring (bicyclic) bond motifs is 3. The molecule has 0 spiro atoms. The Morgan fingerprint density at radius 2 is 1.89 bits per heavy atom. The lowest BCUT2D eigenvalue weighted by molar-refractivity contribution is 0.509. The molecule has 3 nitrogen and oxygen atoms in total. The Hall–Kier alpha value is -1.94. The fourth-order valence-electron chi connectivity index (χ4n) is 4.56. The molecule has 0 bridgehead atoms. The van der Waals surface area contributed by atoms with Crippen molar-refractivity contribution in [2.75, 3.05) is 18.0 Å². The maximum atomic E-state index is 5.14. The van der Waals surface area contributed by atoms with Crippen molar-refractivity contribution in [3.8, 4) is 0 Å². The molecule has 2 aromatic heterocycles. The van der Waals surface area contributed by atoms with Crippen LogP contribution in [0.1, 0.15) is 54.4 Å². The Bertz CT molecular complexity index is 941. The van der Waals surface area contributed by atoms with Gasteiger partial charge in [-0.15, -0.1) is 11.3 Å². The van der Waals surface area contributed by atoms with Crippen LogP contribution in [0.2, 0.25) is 0 Å². The number of piperidine rings is 1. The Morgan fingerprint density at radius 3 is 2.70 bits per heavy atom. The third kappa shape index (κ3) is 3.36. The number of thiophene rings is 1. The van der Waals surface area contributed by atoms with Gasteiger partial charge in [0.25, 0.3) is 0 Å². The van der Waals surface area contributed by atoms with Crippen molar-refractivity contribution in [2.24, 2.45) is 5.92 Å². The number of anilines is 1. The van der Waals surface area contributed by atoms with Crippen molar-refractivity contribution in [2.45, 2.75) is 51.9 Å². The maximum absolute atomic E-state index is 5.14. The van der Waals surface area contributed by atoms with Gasteiger partial charge in [0.1, 0.15) is 16.5 Å². The standard InChI is InChI=1S/C23H27N3S/c1-16-10-11-18-19(14-16)27-23-21(18)22(26-12-6-3-7-13-26)24-20(25-23)15-17-8-4-2-5-9-17/h2,4-5,8-9,16H,3,6-7,10-15H2,1H3. The van der Waals surface area contributed by atoms with Gasteiger partial charge in [-0.1, -0.05) is 37.3 Å². The number of benzene rings is 1. The van der Waals surface area contributed by atoms with Crippen LogP contribution in [0.4, 0.5) is 5.82 Å². The van der Waals surface area contributed by atoms with E-state index < -0.39 is 0 Å². The van der Waals surface area contributed by atoms with Gasteiger partial charge in [-0.2, -0.15) is 0 Å². The van der Waals surface area contributed by atoms with Crippen LogP contribution in [0.25, 0.3) is 10.2 Å². The second-order valence-corrected chi connectivity index (χ2v) is 9.29. The van der Waals surface area contributed by atoms with Crippen LogP contribution in [0.15, 0.2) is 30.3 Å². The minimum Gasteiger partial charge on any atom is -0.356 e. The van der Waals surface area contributed by atoms with Crippen LogP contribution in [0, 0.1) is 5.92 Å². The van der Waals surface area contributed by atoms with Crippen molar-refractivity contribution in [3.63, 3.8) is 0 Å². The predicted molar refractivity (Wildman–Crippen MR) is 114 cm³/mol. The smallest absolute Gasteiger partial charge is 0.141 e. The fraction of sp³-hybridized carbons (Fsp3) is 0.478. The Labute approximate surface area is 165 Å². The molecule has 1 aliphatic heterocycles.